The molecule has 0 N–H and O–H groups in total. The molecule has 2 aromatic carbocycles. The second kappa shape index (κ2) is 10.5. The fraction of sp³-hybridized carbons (Fsp3) is 0.312. The van der Waals surface area contributed by atoms with E-state index in [4.69, 9.17) is 13.6 Å². The Bertz CT molecular complexity index is 1470. The number of hydrogen-bond donors (Lipinski definition) is 0. The Morgan fingerprint density at radius 1 is 1.03 bits per heavy atom. The lowest BCUT2D eigenvalue weighted by atomic mass is 9.87. The maximum atomic E-state index is 13.3. The highest BCUT2D eigenvalue weighted by molar-refractivity contribution is 5.91. The van der Waals surface area contributed by atoms with Crippen molar-refractivity contribution >= 4 is 11.8 Å². The van der Waals surface area contributed by atoms with Gasteiger partial charge in [0.1, 0.15) is 23.9 Å². The molecule has 2 amide bonds. The number of carbonyl (C=O) groups excluding carboxylic acids is 2. The third-order valence-corrected chi connectivity index (χ3v) is 7.52. The number of fused-ring (bicyclic) bond motifs is 1. The summed E-state index contributed by atoms with van der Waals surface area (Å²) in [5.74, 6) is 2.40. The van der Waals surface area contributed by atoms with Crippen molar-refractivity contribution in [2.45, 2.75) is 45.4 Å². The van der Waals surface area contributed by atoms with Gasteiger partial charge in [-0.25, -0.2) is 0 Å². The largest absolute Gasteiger partial charge is 0.486 e. The van der Waals surface area contributed by atoms with Gasteiger partial charge in [-0.15, -0.1) is 0 Å². The minimum Gasteiger partial charge on any atom is -0.486 e. The topological polar surface area (TPSA) is 76.1 Å². The zero-order valence-electron chi connectivity index (χ0n) is 22.3. The molecule has 6 rings (SSSR count). The van der Waals surface area contributed by atoms with Gasteiger partial charge in [0.25, 0.3) is 5.91 Å². The van der Waals surface area contributed by atoms with Crippen LogP contribution in [0.2, 0.25) is 0 Å². The zero-order chi connectivity index (χ0) is 26.9. The van der Waals surface area contributed by atoms with Gasteiger partial charge in [-0.1, -0.05) is 35.9 Å². The molecular formula is C32H32N2O5. The fourth-order valence-corrected chi connectivity index (χ4v) is 5.21. The van der Waals surface area contributed by atoms with Gasteiger partial charge in [-0.2, -0.15) is 0 Å². The molecule has 2 aromatic heterocycles. The van der Waals surface area contributed by atoms with E-state index in [0.717, 1.165) is 36.9 Å². The van der Waals surface area contributed by atoms with Crippen LogP contribution in [-0.2, 0) is 24.4 Å². The SMILES string of the molecule is Cc1ccc([C@@H]2c3cc(OCc4ccc(C(=O)N(C)Cc5ccco5)o4)ccc3CCN2C(=O)C2CC2)cc1. The van der Waals surface area contributed by atoms with Crippen molar-refractivity contribution in [3.05, 3.63) is 113 Å². The molecule has 39 heavy (non-hydrogen) atoms. The molecule has 200 valence electrons. The summed E-state index contributed by atoms with van der Waals surface area (Å²) in [6.07, 6.45) is 4.38. The lowest BCUT2D eigenvalue weighted by molar-refractivity contribution is -0.134. The number of nitrogens with zero attached hydrogens (tertiary/aromatic N) is 2. The van der Waals surface area contributed by atoms with E-state index in [-0.39, 0.29) is 36.1 Å². The Morgan fingerprint density at radius 3 is 2.59 bits per heavy atom. The third kappa shape index (κ3) is 5.35. The summed E-state index contributed by atoms with van der Waals surface area (Å²) in [4.78, 5) is 29.6. The Balaban J connectivity index is 1.19. The van der Waals surface area contributed by atoms with Crippen LogP contribution in [0.4, 0.5) is 0 Å². The van der Waals surface area contributed by atoms with Gasteiger partial charge < -0.3 is 23.4 Å². The van der Waals surface area contributed by atoms with Crippen LogP contribution in [0.1, 0.15) is 63.2 Å². The van der Waals surface area contributed by atoms with Crippen molar-refractivity contribution in [2.24, 2.45) is 5.92 Å². The van der Waals surface area contributed by atoms with Crippen LogP contribution in [0.5, 0.6) is 5.75 Å². The Labute approximate surface area is 228 Å². The number of amides is 2. The van der Waals surface area contributed by atoms with Crippen LogP contribution >= 0.6 is 0 Å². The molecule has 1 saturated carbocycles. The van der Waals surface area contributed by atoms with E-state index in [1.807, 2.05) is 12.1 Å². The smallest absolute Gasteiger partial charge is 0.289 e. The van der Waals surface area contributed by atoms with Crippen LogP contribution in [-0.4, -0.2) is 35.2 Å². The number of rotatable bonds is 8. The summed E-state index contributed by atoms with van der Waals surface area (Å²) in [6, 6.07) is 21.5. The van der Waals surface area contributed by atoms with E-state index < -0.39 is 0 Å². The second-order valence-electron chi connectivity index (χ2n) is 10.5. The standard InChI is InChI=1S/C32H32N2O5/c1-21-5-7-23(8-6-21)30-28-18-25(12-11-22(28)15-16-34(30)31(35)24-9-10-24)38-20-27-13-14-29(39-27)32(36)33(2)19-26-4-3-17-37-26/h3-8,11-14,17-18,24,30H,9-10,15-16,19-20H2,1-2H3/t30-/m1/s1. The van der Waals surface area contributed by atoms with Crippen LogP contribution in [0.3, 0.4) is 0 Å². The fourth-order valence-electron chi connectivity index (χ4n) is 5.21. The predicted molar refractivity (Wildman–Crippen MR) is 145 cm³/mol. The first-order chi connectivity index (χ1) is 19.0. The normalized spacial score (nSPS) is 16.6. The number of furan rings is 2. The minimum absolute atomic E-state index is 0.136. The first-order valence-electron chi connectivity index (χ1n) is 13.5. The average molecular weight is 525 g/mol. The molecule has 0 saturated heterocycles. The van der Waals surface area contributed by atoms with E-state index in [1.54, 1.807) is 36.4 Å². The van der Waals surface area contributed by atoms with E-state index in [9.17, 15) is 9.59 Å². The highest BCUT2D eigenvalue weighted by Gasteiger charge is 2.39. The summed E-state index contributed by atoms with van der Waals surface area (Å²) in [6.45, 7) is 3.34. The van der Waals surface area contributed by atoms with Crippen molar-refractivity contribution in [3.8, 4) is 5.75 Å². The first-order valence-corrected chi connectivity index (χ1v) is 13.5. The molecule has 0 spiro atoms. The number of aryl methyl sites for hydroxylation is 1. The van der Waals surface area contributed by atoms with Gasteiger partial charge in [-0.05, 0) is 79.3 Å². The van der Waals surface area contributed by atoms with E-state index in [1.165, 1.54) is 11.1 Å². The highest BCUT2D eigenvalue weighted by Crippen LogP contribution is 2.41. The van der Waals surface area contributed by atoms with Crippen LogP contribution in [0.25, 0.3) is 0 Å². The number of carbonyl (C=O) groups is 2. The molecule has 0 bridgehead atoms. The molecule has 1 fully saturated rings. The third-order valence-electron chi connectivity index (χ3n) is 7.52. The summed E-state index contributed by atoms with van der Waals surface area (Å²) >= 11 is 0. The monoisotopic (exact) mass is 524 g/mol. The van der Waals surface area contributed by atoms with E-state index >= 15 is 0 Å². The summed E-state index contributed by atoms with van der Waals surface area (Å²) < 4.78 is 17.3. The molecule has 3 heterocycles. The molecular weight excluding hydrogens is 492 g/mol. The number of hydrogen-bond acceptors (Lipinski definition) is 5. The Morgan fingerprint density at radius 2 is 1.85 bits per heavy atom. The van der Waals surface area contributed by atoms with E-state index in [2.05, 4.69) is 48.2 Å². The van der Waals surface area contributed by atoms with Gasteiger partial charge in [0.05, 0.1) is 18.8 Å². The van der Waals surface area contributed by atoms with Gasteiger partial charge >= 0.3 is 0 Å². The molecule has 1 atom stereocenters. The molecule has 7 heteroatoms. The quantitative estimate of drug-likeness (QED) is 0.286. The molecule has 4 aromatic rings. The number of benzene rings is 2. The van der Waals surface area contributed by atoms with Crippen molar-refractivity contribution in [1.29, 1.82) is 0 Å². The number of ether oxygens (including phenoxy) is 1. The van der Waals surface area contributed by atoms with Crippen LogP contribution in [0, 0.1) is 12.8 Å². The highest BCUT2D eigenvalue weighted by atomic mass is 16.5. The van der Waals surface area contributed by atoms with Crippen molar-refractivity contribution in [3.63, 3.8) is 0 Å². The van der Waals surface area contributed by atoms with E-state index in [0.29, 0.717) is 23.8 Å². The van der Waals surface area contributed by atoms with Crippen LogP contribution < -0.4 is 4.74 Å². The summed E-state index contributed by atoms with van der Waals surface area (Å²) in [5, 5.41) is 0. The minimum atomic E-state index is -0.229. The zero-order valence-corrected chi connectivity index (χ0v) is 22.3. The van der Waals surface area contributed by atoms with Crippen LogP contribution in [0.15, 0.2) is 81.8 Å². The molecule has 1 aliphatic carbocycles. The summed E-state index contributed by atoms with van der Waals surface area (Å²) in [5.41, 5.74) is 4.64. The molecule has 0 radical (unpaired) electrons. The molecule has 1 aliphatic heterocycles. The maximum absolute atomic E-state index is 13.3. The van der Waals surface area contributed by atoms with Crippen molar-refractivity contribution < 1.29 is 23.2 Å². The van der Waals surface area contributed by atoms with Gasteiger partial charge in [-0.3, -0.25) is 9.59 Å². The first kappa shape index (κ1) is 25.0. The van der Waals surface area contributed by atoms with Gasteiger partial charge in [0.2, 0.25) is 5.91 Å². The predicted octanol–water partition coefficient (Wildman–Crippen LogP) is 5.92. The van der Waals surface area contributed by atoms with Crippen molar-refractivity contribution in [2.75, 3.05) is 13.6 Å². The molecule has 7 nitrogen and oxygen atoms in total. The Kier molecular flexibility index (Phi) is 6.73. The lowest BCUT2D eigenvalue weighted by Crippen LogP contribution is -2.41. The summed E-state index contributed by atoms with van der Waals surface area (Å²) in [7, 11) is 1.71. The maximum Gasteiger partial charge on any atom is 0.289 e. The van der Waals surface area contributed by atoms with Gasteiger partial charge in [0.15, 0.2) is 5.76 Å². The lowest BCUT2D eigenvalue weighted by Gasteiger charge is -2.38. The molecule has 2 aliphatic rings. The Hall–Kier alpha value is -4.26. The average Bonchev–Trinajstić information content (AvgIpc) is 3.47. The second-order valence-corrected chi connectivity index (χ2v) is 10.5. The van der Waals surface area contributed by atoms with Gasteiger partial charge in [0, 0.05) is 19.5 Å². The van der Waals surface area contributed by atoms with Crippen molar-refractivity contribution in [1.82, 2.24) is 9.80 Å². The molecule has 0 unspecified atom stereocenters.